The van der Waals surface area contributed by atoms with Crippen LogP contribution < -0.4 is 10.6 Å². The average Bonchev–Trinajstić information content (AvgIpc) is 2.39. The van der Waals surface area contributed by atoms with Gasteiger partial charge < -0.3 is 10.1 Å². The van der Waals surface area contributed by atoms with E-state index in [1.807, 2.05) is 24.3 Å². The Balaban J connectivity index is 2.08. The van der Waals surface area contributed by atoms with Gasteiger partial charge in [0.25, 0.3) is 0 Å². The number of carbonyl (C=O) groups is 1. The highest BCUT2D eigenvalue weighted by Crippen LogP contribution is 2.21. The fraction of sp³-hybridized carbons (Fsp3) is 0.188. The van der Waals surface area contributed by atoms with Crippen LogP contribution in [0.4, 0.5) is 21.9 Å². The first kappa shape index (κ1) is 13.9. The van der Waals surface area contributed by atoms with E-state index in [1.54, 1.807) is 0 Å². The van der Waals surface area contributed by atoms with Gasteiger partial charge in [-0.15, -0.1) is 0 Å². The zero-order chi connectivity index (χ0) is 14.5. The van der Waals surface area contributed by atoms with Crippen LogP contribution in [0.25, 0.3) is 0 Å². The van der Waals surface area contributed by atoms with E-state index >= 15 is 0 Å². The van der Waals surface area contributed by atoms with Crippen LogP contribution in [-0.4, -0.2) is 13.2 Å². The molecule has 0 radical (unpaired) electrons. The molecule has 0 saturated carbocycles. The lowest BCUT2D eigenvalue weighted by molar-refractivity contribution is 0.187. The van der Waals surface area contributed by atoms with Crippen LogP contribution in [0.3, 0.4) is 0 Å². The summed E-state index contributed by atoms with van der Waals surface area (Å²) in [6, 6.07) is 13.8. The summed E-state index contributed by atoms with van der Waals surface area (Å²) in [6.07, 6.45) is -0.472. The second-order valence-electron chi connectivity index (χ2n) is 4.70. The van der Waals surface area contributed by atoms with Gasteiger partial charge in [0.05, 0.1) is 7.11 Å². The number of hydrogen-bond donors (Lipinski definition) is 2. The number of nitrogens with one attached hydrogen (secondary N) is 2. The Hall–Kier alpha value is -2.49. The van der Waals surface area contributed by atoms with Gasteiger partial charge in [0, 0.05) is 17.1 Å². The standard InChI is InChI=1S/C16H18N2O2/c1-11-8-12(2)10-15(9-11)17-13-4-6-14(7-5-13)18-16(19)20-3/h4-10,17H,1-3H3,(H,18,19). The van der Waals surface area contributed by atoms with Crippen molar-refractivity contribution in [3.63, 3.8) is 0 Å². The Morgan fingerprint density at radius 2 is 1.45 bits per heavy atom. The van der Waals surface area contributed by atoms with Crippen molar-refractivity contribution in [1.82, 2.24) is 0 Å². The van der Waals surface area contributed by atoms with Crippen molar-refractivity contribution < 1.29 is 9.53 Å². The highest BCUT2D eigenvalue weighted by Gasteiger charge is 2.01. The normalized spacial score (nSPS) is 9.95. The first-order valence-corrected chi connectivity index (χ1v) is 6.37. The second kappa shape index (κ2) is 6.10. The molecule has 0 saturated heterocycles. The third-order valence-electron chi connectivity index (χ3n) is 2.83. The highest BCUT2D eigenvalue weighted by atomic mass is 16.5. The lowest BCUT2D eigenvalue weighted by atomic mass is 10.1. The fourth-order valence-electron chi connectivity index (χ4n) is 2.02. The average molecular weight is 270 g/mol. The Labute approximate surface area is 118 Å². The maximum Gasteiger partial charge on any atom is 0.411 e. The van der Waals surface area contributed by atoms with Gasteiger partial charge >= 0.3 is 6.09 Å². The van der Waals surface area contributed by atoms with Gasteiger partial charge in [0.2, 0.25) is 0 Å². The van der Waals surface area contributed by atoms with Crippen molar-refractivity contribution in [1.29, 1.82) is 0 Å². The maximum atomic E-state index is 11.1. The summed E-state index contributed by atoms with van der Waals surface area (Å²) in [5.41, 5.74) is 5.15. The molecular weight excluding hydrogens is 252 g/mol. The van der Waals surface area contributed by atoms with Crippen molar-refractivity contribution in [2.45, 2.75) is 13.8 Å². The van der Waals surface area contributed by atoms with Crippen molar-refractivity contribution in [2.24, 2.45) is 0 Å². The number of rotatable bonds is 3. The van der Waals surface area contributed by atoms with E-state index in [4.69, 9.17) is 0 Å². The lowest BCUT2D eigenvalue weighted by Gasteiger charge is -2.10. The van der Waals surface area contributed by atoms with Crippen LogP contribution in [-0.2, 0) is 4.74 Å². The smallest absolute Gasteiger partial charge is 0.411 e. The zero-order valence-corrected chi connectivity index (χ0v) is 11.9. The molecule has 20 heavy (non-hydrogen) atoms. The monoisotopic (exact) mass is 270 g/mol. The number of amides is 1. The minimum atomic E-state index is -0.472. The Bertz CT molecular complexity index is 586. The molecule has 2 aromatic carbocycles. The van der Waals surface area contributed by atoms with Crippen LogP contribution in [0.2, 0.25) is 0 Å². The van der Waals surface area contributed by atoms with Gasteiger partial charge in [-0.25, -0.2) is 4.79 Å². The molecule has 0 aliphatic carbocycles. The predicted octanol–water partition coefficient (Wildman–Crippen LogP) is 4.23. The molecule has 1 amide bonds. The van der Waals surface area contributed by atoms with Crippen LogP contribution in [0.15, 0.2) is 42.5 Å². The maximum absolute atomic E-state index is 11.1. The van der Waals surface area contributed by atoms with Gasteiger partial charge in [0.15, 0.2) is 0 Å². The van der Waals surface area contributed by atoms with Crippen LogP contribution in [0, 0.1) is 13.8 Å². The summed E-state index contributed by atoms with van der Waals surface area (Å²) in [4.78, 5) is 11.1. The Morgan fingerprint density at radius 3 is 2.00 bits per heavy atom. The van der Waals surface area contributed by atoms with Crippen molar-refractivity contribution in [3.05, 3.63) is 53.6 Å². The van der Waals surface area contributed by atoms with Crippen LogP contribution in [0.5, 0.6) is 0 Å². The molecule has 0 unspecified atom stereocenters. The molecule has 2 aromatic rings. The molecule has 0 bridgehead atoms. The summed E-state index contributed by atoms with van der Waals surface area (Å²) in [6.45, 7) is 4.14. The summed E-state index contributed by atoms with van der Waals surface area (Å²) in [5, 5.41) is 5.95. The molecule has 0 aliphatic rings. The number of hydrogen-bond acceptors (Lipinski definition) is 3. The van der Waals surface area contributed by atoms with E-state index in [-0.39, 0.29) is 0 Å². The molecule has 0 aromatic heterocycles. The summed E-state index contributed by atoms with van der Waals surface area (Å²) < 4.78 is 4.54. The number of ether oxygens (including phenoxy) is 1. The molecule has 2 rings (SSSR count). The summed E-state index contributed by atoms with van der Waals surface area (Å²) in [7, 11) is 1.34. The molecule has 104 valence electrons. The number of methoxy groups -OCH3 is 1. The van der Waals surface area contributed by atoms with E-state index in [9.17, 15) is 4.79 Å². The summed E-state index contributed by atoms with van der Waals surface area (Å²) >= 11 is 0. The number of aryl methyl sites for hydroxylation is 2. The largest absolute Gasteiger partial charge is 0.453 e. The quantitative estimate of drug-likeness (QED) is 0.877. The van der Waals surface area contributed by atoms with Gasteiger partial charge in [-0.3, -0.25) is 5.32 Å². The van der Waals surface area contributed by atoms with Crippen molar-refractivity contribution in [3.8, 4) is 0 Å². The fourth-order valence-corrected chi connectivity index (χ4v) is 2.02. The molecule has 0 atom stereocenters. The van der Waals surface area contributed by atoms with Gasteiger partial charge in [-0.1, -0.05) is 6.07 Å². The van der Waals surface area contributed by atoms with Crippen LogP contribution >= 0.6 is 0 Å². The van der Waals surface area contributed by atoms with Gasteiger partial charge in [-0.2, -0.15) is 0 Å². The first-order chi connectivity index (χ1) is 9.56. The number of benzene rings is 2. The minimum Gasteiger partial charge on any atom is -0.453 e. The zero-order valence-electron chi connectivity index (χ0n) is 11.9. The Morgan fingerprint density at radius 1 is 0.900 bits per heavy atom. The molecule has 0 spiro atoms. The van der Waals surface area contributed by atoms with Crippen molar-refractivity contribution in [2.75, 3.05) is 17.7 Å². The Kier molecular flexibility index (Phi) is 4.25. The highest BCUT2D eigenvalue weighted by molar-refractivity contribution is 5.84. The number of anilines is 3. The van der Waals surface area contributed by atoms with Gasteiger partial charge in [0.1, 0.15) is 0 Å². The van der Waals surface area contributed by atoms with E-state index < -0.39 is 6.09 Å². The van der Waals surface area contributed by atoms with Crippen molar-refractivity contribution >= 4 is 23.2 Å². The molecular formula is C16H18N2O2. The molecule has 0 heterocycles. The van der Waals surface area contributed by atoms with E-state index in [0.29, 0.717) is 5.69 Å². The third-order valence-corrected chi connectivity index (χ3v) is 2.83. The summed E-state index contributed by atoms with van der Waals surface area (Å²) in [5.74, 6) is 0. The minimum absolute atomic E-state index is 0.472. The SMILES string of the molecule is COC(=O)Nc1ccc(Nc2cc(C)cc(C)c2)cc1. The molecule has 0 aliphatic heterocycles. The van der Waals surface area contributed by atoms with E-state index in [1.165, 1.54) is 18.2 Å². The number of carbonyl (C=O) groups excluding carboxylic acids is 1. The predicted molar refractivity (Wildman–Crippen MR) is 81.7 cm³/mol. The second-order valence-corrected chi connectivity index (χ2v) is 4.70. The lowest BCUT2D eigenvalue weighted by Crippen LogP contribution is -2.10. The third kappa shape index (κ3) is 3.75. The molecule has 4 heteroatoms. The van der Waals surface area contributed by atoms with Crippen LogP contribution in [0.1, 0.15) is 11.1 Å². The molecule has 0 fully saturated rings. The first-order valence-electron chi connectivity index (χ1n) is 6.37. The molecule has 2 N–H and O–H groups in total. The molecule has 4 nitrogen and oxygen atoms in total. The van der Waals surface area contributed by atoms with E-state index in [0.717, 1.165) is 11.4 Å². The van der Waals surface area contributed by atoms with E-state index in [2.05, 4.69) is 47.4 Å². The van der Waals surface area contributed by atoms with Gasteiger partial charge in [-0.05, 0) is 61.4 Å². The topological polar surface area (TPSA) is 50.4 Å².